The Morgan fingerprint density at radius 3 is 2.54 bits per heavy atom. The fraction of sp³-hybridized carbons (Fsp3) is 0.375. The minimum atomic E-state index is -1.09. The summed E-state index contributed by atoms with van der Waals surface area (Å²) in [6.07, 6.45) is -0.0403. The molecule has 1 aromatic heterocycles. The average Bonchev–Trinajstić information content (AvgIpc) is 2.51. The molecule has 1 heterocycles. The van der Waals surface area contributed by atoms with Crippen LogP contribution < -0.4 is 11.2 Å². The van der Waals surface area contributed by atoms with Crippen LogP contribution in [0.1, 0.15) is 20.3 Å². The van der Waals surface area contributed by atoms with Crippen LogP contribution in [0.15, 0.2) is 33.9 Å². The molecule has 8 nitrogen and oxygen atoms in total. The zero-order valence-corrected chi connectivity index (χ0v) is 13.5. The lowest BCUT2D eigenvalue weighted by Gasteiger charge is -2.25. The van der Waals surface area contributed by atoms with Gasteiger partial charge in [-0.1, -0.05) is 12.1 Å². The van der Waals surface area contributed by atoms with E-state index in [9.17, 15) is 19.2 Å². The van der Waals surface area contributed by atoms with Gasteiger partial charge in [0.2, 0.25) is 5.91 Å². The number of para-hydroxylation sites is 1. The van der Waals surface area contributed by atoms with Gasteiger partial charge in [0, 0.05) is 19.0 Å². The maximum Gasteiger partial charge on any atom is 0.328 e. The summed E-state index contributed by atoms with van der Waals surface area (Å²) in [5.74, 6) is -1.46. The molecule has 0 saturated heterocycles. The number of fused-ring (bicyclic) bond motifs is 1. The minimum absolute atomic E-state index is 0.0403. The van der Waals surface area contributed by atoms with Crippen LogP contribution in [0.4, 0.5) is 0 Å². The predicted octanol–water partition coefficient (Wildman–Crippen LogP) is 0.402. The van der Waals surface area contributed by atoms with Crippen LogP contribution in [0.3, 0.4) is 0 Å². The molecule has 24 heavy (non-hydrogen) atoms. The highest BCUT2D eigenvalue weighted by Crippen LogP contribution is 2.08. The van der Waals surface area contributed by atoms with E-state index in [1.807, 2.05) is 0 Å². The molecule has 0 aliphatic carbocycles. The molecule has 0 saturated carbocycles. The SMILES string of the molecule is CC(C)N(CC(=O)O)C(=O)CCn1c(=O)[nH]c(=O)c2ccccc21. The Hall–Kier alpha value is -2.90. The summed E-state index contributed by atoms with van der Waals surface area (Å²) in [6.45, 7) is 3.11. The van der Waals surface area contributed by atoms with Crippen LogP contribution in [0, 0.1) is 0 Å². The Kier molecular flexibility index (Phi) is 5.18. The molecule has 0 spiro atoms. The van der Waals surface area contributed by atoms with E-state index in [1.165, 1.54) is 9.47 Å². The molecule has 0 aliphatic heterocycles. The second-order valence-corrected chi connectivity index (χ2v) is 5.69. The summed E-state index contributed by atoms with van der Waals surface area (Å²) in [7, 11) is 0. The molecule has 0 bridgehead atoms. The van der Waals surface area contributed by atoms with E-state index >= 15 is 0 Å². The fourth-order valence-electron chi connectivity index (χ4n) is 2.52. The third-order valence-electron chi connectivity index (χ3n) is 3.70. The molecule has 1 aromatic carbocycles. The largest absolute Gasteiger partial charge is 0.480 e. The van der Waals surface area contributed by atoms with E-state index in [4.69, 9.17) is 5.11 Å². The summed E-state index contributed by atoms with van der Waals surface area (Å²) in [5, 5.41) is 9.25. The molecule has 0 aliphatic rings. The number of amides is 1. The highest BCUT2D eigenvalue weighted by atomic mass is 16.4. The first-order valence-electron chi connectivity index (χ1n) is 7.54. The number of rotatable bonds is 6. The van der Waals surface area contributed by atoms with Crippen molar-refractivity contribution in [2.45, 2.75) is 32.9 Å². The summed E-state index contributed by atoms with van der Waals surface area (Å²) < 4.78 is 1.31. The summed E-state index contributed by atoms with van der Waals surface area (Å²) in [6, 6.07) is 6.35. The minimum Gasteiger partial charge on any atom is -0.480 e. The molecule has 2 aromatic rings. The van der Waals surface area contributed by atoms with E-state index in [-0.39, 0.29) is 24.9 Å². The van der Waals surface area contributed by atoms with Crippen molar-refractivity contribution in [3.63, 3.8) is 0 Å². The van der Waals surface area contributed by atoms with Crippen molar-refractivity contribution in [3.8, 4) is 0 Å². The normalized spacial score (nSPS) is 11.0. The maximum absolute atomic E-state index is 12.3. The number of aromatic amines is 1. The molecule has 0 radical (unpaired) electrons. The summed E-state index contributed by atoms with van der Waals surface area (Å²) in [5.41, 5.74) is -0.637. The number of carboxylic acid groups (broad SMARTS) is 1. The van der Waals surface area contributed by atoms with Crippen molar-refractivity contribution in [1.29, 1.82) is 0 Å². The third kappa shape index (κ3) is 3.70. The molecule has 128 valence electrons. The Morgan fingerprint density at radius 1 is 1.25 bits per heavy atom. The number of aliphatic carboxylic acids is 1. The number of nitrogens with zero attached hydrogens (tertiary/aromatic N) is 2. The molecule has 0 atom stereocenters. The molecule has 2 rings (SSSR count). The number of carboxylic acids is 1. The van der Waals surface area contributed by atoms with Crippen LogP contribution in [-0.4, -0.2) is 44.0 Å². The van der Waals surface area contributed by atoms with Gasteiger partial charge in [-0.25, -0.2) is 4.79 Å². The molecule has 0 fully saturated rings. The van der Waals surface area contributed by atoms with E-state index in [0.29, 0.717) is 10.9 Å². The van der Waals surface area contributed by atoms with E-state index in [0.717, 1.165) is 0 Å². The third-order valence-corrected chi connectivity index (χ3v) is 3.70. The lowest BCUT2D eigenvalue weighted by Crippen LogP contribution is -2.41. The van der Waals surface area contributed by atoms with E-state index in [2.05, 4.69) is 4.98 Å². The second-order valence-electron chi connectivity index (χ2n) is 5.69. The van der Waals surface area contributed by atoms with Gasteiger partial charge in [0.25, 0.3) is 5.56 Å². The highest BCUT2D eigenvalue weighted by Gasteiger charge is 2.20. The first-order chi connectivity index (χ1) is 11.3. The van der Waals surface area contributed by atoms with Crippen molar-refractivity contribution in [2.24, 2.45) is 0 Å². The Morgan fingerprint density at radius 2 is 1.92 bits per heavy atom. The highest BCUT2D eigenvalue weighted by molar-refractivity contribution is 5.82. The van der Waals surface area contributed by atoms with Gasteiger partial charge in [-0.2, -0.15) is 0 Å². The number of aromatic nitrogens is 2. The number of aryl methyl sites for hydroxylation is 1. The van der Waals surface area contributed by atoms with E-state index < -0.39 is 23.8 Å². The molecule has 0 unspecified atom stereocenters. The van der Waals surface area contributed by atoms with Crippen molar-refractivity contribution >= 4 is 22.8 Å². The van der Waals surface area contributed by atoms with Gasteiger partial charge in [-0.15, -0.1) is 0 Å². The van der Waals surface area contributed by atoms with Crippen molar-refractivity contribution in [1.82, 2.24) is 14.5 Å². The molecule has 2 N–H and O–H groups in total. The molecular formula is C16H19N3O5. The number of hydrogen-bond acceptors (Lipinski definition) is 4. The van der Waals surface area contributed by atoms with Gasteiger partial charge in [0.05, 0.1) is 10.9 Å². The lowest BCUT2D eigenvalue weighted by molar-refractivity contribution is -0.145. The quantitative estimate of drug-likeness (QED) is 0.794. The van der Waals surface area contributed by atoms with Gasteiger partial charge in [-0.3, -0.25) is 23.9 Å². The summed E-state index contributed by atoms with van der Waals surface area (Å²) in [4.78, 5) is 50.4. The van der Waals surface area contributed by atoms with E-state index in [1.54, 1.807) is 38.1 Å². The van der Waals surface area contributed by atoms with Crippen molar-refractivity contribution in [2.75, 3.05) is 6.54 Å². The van der Waals surface area contributed by atoms with Gasteiger partial charge >= 0.3 is 11.7 Å². The smallest absolute Gasteiger partial charge is 0.328 e. The van der Waals surface area contributed by atoms with Crippen LogP contribution in [0.25, 0.3) is 10.9 Å². The number of benzene rings is 1. The van der Waals surface area contributed by atoms with Gasteiger partial charge in [0.15, 0.2) is 0 Å². The van der Waals surface area contributed by atoms with Crippen molar-refractivity contribution in [3.05, 3.63) is 45.1 Å². The van der Waals surface area contributed by atoms with Crippen LogP contribution in [0.5, 0.6) is 0 Å². The zero-order chi connectivity index (χ0) is 17.9. The Labute approximate surface area is 137 Å². The summed E-state index contributed by atoms with van der Waals surface area (Å²) >= 11 is 0. The first kappa shape index (κ1) is 17.5. The predicted molar refractivity (Wildman–Crippen MR) is 87.9 cm³/mol. The number of carbonyl (C=O) groups is 2. The maximum atomic E-state index is 12.3. The molecular weight excluding hydrogens is 314 g/mol. The standard InChI is InChI=1S/C16H19N3O5/c1-10(2)19(9-14(21)22)13(20)7-8-18-12-6-4-3-5-11(12)15(23)17-16(18)24/h3-6,10H,7-9H2,1-2H3,(H,21,22)(H,17,23,24). The zero-order valence-electron chi connectivity index (χ0n) is 13.5. The van der Waals surface area contributed by atoms with Gasteiger partial charge in [0.1, 0.15) is 6.54 Å². The van der Waals surface area contributed by atoms with Crippen molar-refractivity contribution < 1.29 is 14.7 Å². The lowest BCUT2D eigenvalue weighted by atomic mass is 10.2. The monoisotopic (exact) mass is 333 g/mol. The van der Waals surface area contributed by atoms with Crippen LogP contribution in [0.2, 0.25) is 0 Å². The number of nitrogens with one attached hydrogen (secondary N) is 1. The topological polar surface area (TPSA) is 112 Å². The van der Waals surface area contributed by atoms with Crippen LogP contribution in [-0.2, 0) is 16.1 Å². The number of carbonyl (C=O) groups excluding carboxylic acids is 1. The van der Waals surface area contributed by atoms with Gasteiger partial charge in [-0.05, 0) is 26.0 Å². The Balaban J connectivity index is 2.28. The first-order valence-corrected chi connectivity index (χ1v) is 7.54. The van der Waals surface area contributed by atoms with Crippen LogP contribution >= 0.6 is 0 Å². The molecule has 1 amide bonds. The van der Waals surface area contributed by atoms with Gasteiger partial charge < -0.3 is 10.0 Å². The average molecular weight is 333 g/mol. The number of hydrogen-bond donors (Lipinski definition) is 2. The Bertz CT molecular complexity index is 881. The molecule has 8 heteroatoms. The second kappa shape index (κ2) is 7.12. The fourth-order valence-corrected chi connectivity index (χ4v) is 2.52. The number of H-pyrrole nitrogens is 1.